The second-order valence-electron chi connectivity index (χ2n) is 4.70. The van der Waals surface area contributed by atoms with Crippen molar-refractivity contribution in [3.63, 3.8) is 0 Å². The van der Waals surface area contributed by atoms with Gasteiger partial charge in [0.1, 0.15) is 5.75 Å². The van der Waals surface area contributed by atoms with Crippen LogP contribution in [0.25, 0.3) is 5.70 Å². The Kier molecular flexibility index (Phi) is 5.20. The van der Waals surface area contributed by atoms with Crippen LogP contribution < -0.4 is 10.5 Å². The summed E-state index contributed by atoms with van der Waals surface area (Å²) in [7, 11) is 1.30. The Morgan fingerprint density at radius 2 is 1.68 bits per heavy atom. The number of aryl methyl sites for hydroxylation is 1. The van der Waals surface area contributed by atoms with Gasteiger partial charge >= 0.3 is 5.97 Å². The fourth-order valence-corrected chi connectivity index (χ4v) is 1.96. The van der Waals surface area contributed by atoms with E-state index in [0.717, 1.165) is 6.42 Å². The van der Waals surface area contributed by atoms with E-state index in [1.807, 2.05) is 42.5 Å². The number of esters is 1. The van der Waals surface area contributed by atoms with Crippen molar-refractivity contribution in [2.45, 2.75) is 13.3 Å². The third-order valence-corrected chi connectivity index (χ3v) is 3.25. The first-order valence-electron chi connectivity index (χ1n) is 7.06. The van der Waals surface area contributed by atoms with Gasteiger partial charge in [0.15, 0.2) is 0 Å². The van der Waals surface area contributed by atoms with Crippen molar-refractivity contribution in [1.82, 2.24) is 0 Å². The number of rotatable bonds is 5. The summed E-state index contributed by atoms with van der Waals surface area (Å²) in [5.41, 5.74) is 8.20. The smallest absolute Gasteiger partial charge is 0.376 e. The molecule has 0 saturated carbocycles. The van der Waals surface area contributed by atoms with Crippen LogP contribution in [-0.2, 0) is 16.0 Å². The summed E-state index contributed by atoms with van der Waals surface area (Å²) in [5, 5.41) is 0. The molecule has 0 aliphatic rings. The second kappa shape index (κ2) is 7.31. The summed E-state index contributed by atoms with van der Waals surface area (Å²) < 4.78 is 10.4. The van der Waals surface area contributed by atoms with E-state index >= 15 is 0 Å². The number of carbonyl (C=O) groups excluding carboxylic acids is 1. The molecule has 22 heavy (non-hydrogen) atoms. The summed E-state index contributed by atoms with van der Waals surface area (Å²) in [6, 6.07) is 16.7. The zero-order chi connectivity index (χ0) is 15.9. The third-order valence-electron chi connectivity index (χ3n) is 3.25. The van der Waals surface area contributed by atoms with E-state index in [4.69, 9.17) is 15.2 Å². The molecule has 0 heterocycles. The zero-order valence-corrected chi connectivity index (χ0v) is 12.7. The highest BCUT2D eigenvalue weighted by molar-refractivity contribution is 5.95. The minimum absolute atomic E-state index is 0.0158. The molecule has 0 amide bonds. The Bertz CT molecular complexity index is 660. The number of benzene rings is 2. The molecule has 2 aromatic rings. The summed E-state index contributed by atoms with van der Waals surface area (Å²) in [6.07, 6.45) is 0.937. The van der Waals surface area contributed by atoms with Gasteiger partial charge in [0.25, 0.3) is 0 Å². The van der Waals surface area contributed by atoms with Crippen LogP contribution in [0.5, 0.6) is 5.75 Å². The van der Waals surface area contributed by atoms with E-state index in [1.54, 1.807) is 12.1 Å². The van der Waals surface area contributed by atoms with Gasteiger partial charge in [0, 0.05) is 5.56 Å². The number of methoxy groups -OCH3 is 1. The van der Waals surface area contributed by atoms with Crippen LogP contribution in [0.4, 0.5) is 0 Å². The third kappa shape index (κ3) is 3.67. The SMILES string of the molecule is CCc1ccc(OC(C(=O)OC)=C(N)c2ccccc2)cc1. The van der Waals surface area contributed by atoms with Gasteiger partial charge in [-0.05, 0) is 24.1 Å². The van der Waals surface area contributed by atoms with Crippen LogP contribution in [0.2, 0.25) is 0 Å². The van der Waals surface area contributed by atoms with E-state index < -0.39 is 5.97 Å². The highest BCUT2D eigenvalue weighted by atomic mass is 16.6. The second-order valence-corrected chi connectivity index (χ2v) is 4.70. The number of nitrogens with two attached hydrogens (primary N) is 1. The fourth-order valence-electron chi connectivity index (χ4n) is 1.96. The Hall–Kier alpha value is -2.75. The lowest BCUT2D eigenvalue weighted by atomic mass is 10.1. The van der Waals surface area contributed by atoms with E-state index in [1.165, 1.54) is 12.7 Å². The van der Waals surface area contributed by atoms with Gasteiger partial charge in [0.2, 0.25) is 5.76 Å². The lowest BCUT2D eigenvalue weighted by Crippen LogP contribution is -2.17. The molecule has 0 aromatic heterocycles. The lowest BCUT2D eigenvalue weighted by molar-refractivity contribution is -0.138. The highest BCUT2D eigenvalue weighted by Gasteiger charge is 2.18. The predicted molar refractivity (Wildman–Crippen MR) is 86.0 cm³/mol. The van der Waals surface area contributed by atoms with Crippen LogP contribution in [0.1, 0.15) is 18.1 Å². The Morgan fingerprint density at radius 3 is 2.23 bits per heavy atom. The summed E-state index contributed by atoms with van der Waals surface area (Å²) in [4.78, 5) is 12.0. The molecule has 2 aromatic carbocycles. The first kappa shape index (κ1) is 15.6. The van der Waals surface area contributed by atoms with Gasteiger partial charge in [-0.2, -0.15) is 0 Å². The van der Waals surface area contributed by atoms with E-state index in [-0.39, 0.29) is 11.5 Å². The van der Waals surface area contributed by atoms with Crippen molar-refractivity contribution < 1.29 is 14.3 Å². The number of hydrogen-bond acceptors (Lipinski definition) is 4. The number of hydrogen-bond donors (Lipinski definition) is 1. The molecule has 0 atom stereocenters. The molecule has 2 N–H and O–H groups in total. The molecule has 4 heteroatoms. The summed E-state index contributed by atoms with van der Waals surface area (Å²) in [5.74, 6) is -0.0876. The van der Waals surface area contributed by atoms with Crippen LogP contribution in [0, 0.1) is 0 Å². The van der Waals surface area contributed by atoms with Gasteiger partial charge < -0.3 is 15.2 Å². The molecule has 0 unspecified atom stereocenters. The number of carbonyl (C=O) groups is 1. The van der Waals surface area contributed by atoms with E-state index in [9.17, 15) is 4.79 Å². The maximum absolute atomic E-state index is 12.0. The van der Waals surface area contributed by atoms with Crippen LogP contribution in [-0.4, -0.2) is 13.1 Å². The lowest BCUT2D eigenvalue weighted by Gasteiger charge is -2.12. The highest BCUT2D eigenvalue weighted by Crippen LogP contribution is 2.20. The van der Waals surface area contributed by atoms with Gasteiger partial charge in [-0.1, -0.05) is 49.4 Å². The number of ether oxygens (including phenoxy) is 2. The quantitative estimate of drug-likeness (QED) is 0.523. The standard InChI is InChI=1S/C18H19NO3/c1-3-13-9-11-15(12-10-13)22-17(18(20)21-2)16(19)14-7-5-4-6-8-14/h4-12H,3,19H2,1-2H3. The normalized spacial score (nSPS) is 11.5. The molecular formula is C18H19NO3. The van der Waals surface area contributed by atoms with Gasteiger partial charge in [0.05, 0.1) is 12.8 Å². The minimum Gasteiger partial charge on any atom is -0.463 e. The van der Waals surface area contributed by atoms with Crippen molar-refractivity contribution >= 4 is 11.7 Å². The van der Waals surface area contributed by atoms with E-state index in [0.29, 0.717) is 11.3 Å². The van der Waals surface area contributed by atoms with Gasteiger partial charge in [-0.3, -0.25) is 0 Å². The van der Waals surface area contributed by atoms with Crippen molar-refractivity contribution in [2.75, 3.05) is 7.11 Å². The Labute approximate surface area is 130 Å². The first-order chi connectivity index (χ1) is 10.7. The summed E-state index contributed by atoms with van der Waals surface area (Å²) in [6.45, 7) is 2.07. The Balaban J connectivity index is 2.35. The zero-order valence-electron chi connectivity index (χ0n) is 12.7. The van der Waals surface area contributed by atoms with Crippen molar-refractivity contribution in [3.05, 3.63) is 71.5 Å². The van der Waals surface area contributed by atoms with Crippen molar-refractivity contribution in [2.24, 2.45) is 5.73 Å². The van der Waals surface area contributed by atoms with Crippen LogP contribution in [0.3, 0.4) is 0 Å². The fraction of sp³-hybridized carbons (Fsp3) is 0.167. The molecular weight excluding hydrogens is 278 g/mol. The molecule has 0 aliphatic carbocycles. The average Bonchev–Trinajstić information content (AvgIpc) is 2.59. The molecule has 0 saturated heterocycles. The van der Waals surface area contributed by atoms with Crippen molar-refractivity contribution in [3.8, 4) is 5.75 Å². The first-order valence-corrected chi connectivity index (χ1v) is 7.06. The van der Waals surface area contributed by atoms with Crippen molar-refractivity contribution in [1.29, 1.82) is 0 Å². The van der Waals surface area contributed by atoms with Crippen LogP contribution >= 0.6 is 0 Å². The molecule has 0 fully saturated rings. The maximum Gasteiger partial charge on any atom is 0.376 e. The van der Waals surface area contributed by atoms with Gasteiger partial charge in [-0.25, -0.2) is 4.79 Å². The average molecular weight is 297 g/mol. The summed E-state index contributed by atoms with van der Waals surface area (Å²) >= 11 is 0. The molecule has 0 spiro atoms. The largest absolute Gasteiger partial charge is 0.463 e. The molecule has 114 valence electrons. The topological polar surface area (TPSA) is 61.5 Å². The Morgan fingerprint density at radius 1 is 1.05 bits per heavy atom. The molecule has 2 rings (SSSR count). The monoisotopic (exact) mass is 297 g/mol. The molecule has 0 radical (unpaired) electrons. The predicted octanol–water partition coefficient (Wildman–Crippen LogP) is 3.13. The molecule has 4 nitrogen and oxygen atoms in total. The van der Waals surface area contributed by atoms with Crippen LogP contribution in [0.15, 0.2) is 60.4 Å². The molecule has 0 bridgehead atoms. The molecule has 0 aliphatic heterocycles. The van der Waals surface area contributed by atoms with E-state index in [2.05, 4.69) is 6.92 Å². The maximum atomic E-state index is 12.0. The van der Waals surface area contributed by atoms with Gasteiger partial charge in [-0.15, -0.1) is 0 Å². The minimum atomic E-state index is -0.610.